The maximum Gasteiger partial charge on any atom is 0.219 e. The SMILES string of the molecule is CCNC(=O)CCCCC(CNC=CC=O)NC=CC=O. The normalized spacial score (nSPS) is 12.2. The molecule has 0 spiro atoms. The summed E-state index contributed by atoms with van der Waals surface area (Å²) < 4.78 is 0. The van der Waals surface area contributed by atoms with Crippen LogP contribution in [0.4, 0.5) is 0 Å². The van der Waals surface area contributed by atoms with E-state index in [1.54, 1.807) is 12.4 Å². The molecule has 1 unspecified atom stereocenters. The molecule has 3 N–H and O–H groups in total. The van der Waals surface area contributed by atoms with Crippen LogP contribution in [0, 0.1) is 0 Å². The highest BCUT2D eigenvalue weighted by Crippen LogP contribution is 2.04. The molecule has 0 fully saturated rings. The summed E-state index contributed by atoms with van der Waals surface area (Å²) in [5.41, 5.74) is 0. The molecule has 0 aromatic carbocycles. The molecule has 0 aliphatic heterocycles. The topological polar surface area (TPSA) is 87.3 Å². The van der Waals surface area contributed by atoms with Gasteiger partial charge in [0.1, 0.15) is 12.6 Å². The van der Waals surface area contributed by atoms with E-state index in [9.17, 15) is 14.4 Å². The Bertz CT molecular complexity index is 354. The first kappa shape index (κ1) is 18.9. The summed E-state index contributed by atoms with van der Waals surface area (Å²) in [6.07, 6.45) is 10.5. The van der Waals surface area contributed by atoms with E-state index in [1.807, 2.05) is 6.92 Å². The number of carbonyl (C=O) groups excluding carboxylic acids is 3. The van der Waals surface area contributed by atoms with E-state index in [2.05, 4.69) is 16.0 Å². The van der Waals surface area contributed by atoms with Gasteiger partial charge in [-0.2, -0.15) is 0 Å². The average molecular weight is 295 g/mol. The Morgan fingerprint density at radius 1 is 1.10 bits per heavy atom. The Balaban J connectivity index is 3.98. The molecule has 21 heavy (non-hydrogen) atoms. The van der Waals surface area contributed by atoms with E-state index < -0.39 is 0 Å². The fourth-order valence-electron chi connectivity index (χ4n) is 1.75. The molecule has 6 nitrogen and oxygen atoms in total. The van der Waals surface area contributed by atoms with Gasteiger partial charge < -0.3 is 16.0 Å². The van der Waals surface area contributed by atoms with E-state index in [0.717, 1.165) is 19.3 Å². The number of hydrogen-bond acceptors (Lipinski definition) is 5. The average Bonchev–Trinajstić information content (AvgIpc) is 2.47. The van der Waals surface area contributed by atoms with Gasteiger partial charge in [0.15, 0.2) is 0 Å². The summed E-state index contributed by atoms with van der Waals surface area (Å²) in [5, 5.41) is 8.89. The van der Waals surface area contributed by atoms with E-state index >= 15 is 0 Å². The van der Waals surface area contributed by atoms with Crippen LogP contribution in [-0.2, 0) is 14.4 Å². The van der Waals surface area contributed by atoms with Crippen molar-refractivity contribution in [2.75, 3.05) is 13.1 Å². The smallest absolute Gasteiger partial charge is 0.219 e. The van der Waals surface area contributed by atoms with Gasteiger partial charge in [-0.25, -0.2) is 0 Å². The summed E-state index contributed by atoms with van der Waals surface area (Å²) in [6.45, 7) is 3.19. The highest BCUT2D eigenvalue weighted by atomic mass is 16.1. The molecule has 6 heteroatoms. The van der Waals surface area contributed by atoms with Crippen LogP contribution < -0.4 is 16.0 Å². The second kappa shape index (κ2) is 14.3. The molecule has 0 saturated heterocycles. The Morgan fingerprint density at radius 3 is 2.48 bits per heavy atom. The lowest BCUT2D eigenvalue weighted by atomic mass is 10.1. The minimum atomic E-state index is 0.0786. The monoisotopic (exact) mass is 295 g/mol. The Kier molecular flexibility index (Phi) is 12.9. The van der Waals surface area contributed by atoms with Gasteiger partial charge in [0.05, 0.1) is 0 Å². The summed E-state index contributed by atoms with van der Waals surface area (Å²) in [6, 6.07) is 0.131. The highest BCUT2D eigenvalue weighted by molar-refractivity contribution is 5.75. The molecular formula is C15H25N3O3. The van der Waals surface area contributed by atoms with Crippen molar-refractivity contribution in [3.63, 3.8) is 0 Å². The first-order chi connectivity index (χ1) is 10.2. The molecular weight excluding hydrogens is 270 g/mol. The van der Waals surface area contributed by atoms with Gasteiger partial charge in [-0.3, -0.25) is 14.4 Å². The molecule has 0 heterocycles. The fraction of sp³-hybridized carbons (Fsp3) is 0.533. The van der Waals surface area contributed by atoms with Crippen molar-refractivity contribution in [2.24, 2.45) is 0 Å². The first-order valence-corrected chi connectivity index (χ1v) is 7.21. The van der Waals surface area contributed by atoms with Crippen molar-refractivity contribution in [3.05, 3.63) is 24.6 Å². The number of hydrogen-bond donors (Lipinski definition) is 3. The minimum absolute atomic E-state index is 0.0786. The zero-order chi connectivity index (χ0) is 15.8. The Labute approximate surface area is 126 Å². The second-order valence-electron chi connectivity index (χ2n) is 4.46. The molecule has 0 saturated carbocycles. The predicted octanol–water partition coefficient (Wildman–Crippen LogP) is 0.656. The van der Waals surface area contributed by atoms with Crippen molar-refractivity contribution in [2.45, 2.75) is 38.6 Å². The van der Waals surface area contributed by atoms with Crippen molar-refractivity contribution in [1.29, 1.82) is 0 Å². The lowest BCUT2D eigenvalue weighted by molar-refractivity contribution is -0.121. The third kappa shape index (κ3) is 12.7. The highest BCUT2D eigenvalue weighted by Gasteiger charge is 2.06. The van der Waals surface area contributed by atoms with Gasteiger partial charge in [0.2, 0.25) is 5.91 Å². The number of carbonyl (C=O) groups is 3. The van der Waals surface area contributed by atoms with Crippen LogP contribution in [0.2, 0.25) is 0 Å². The van der Waals surface area contributed by atoms with Crippen LogP contribution in [0.1, 0.15) is 32.6 Å². The maximum atomic E-state index is 11.3. The van der Waals surface area contributed by atoms with Gasteiger partial charge in [0.25, 0.3) is 0 Å². The number of unbranched alkanes of at least 4 members (excludes halogenated alkanes) is 1. The van der Waals surface area contributed by atoms with Crippen LogP contribution >= 0.6 is 0 Å². The maximum absolute atomic E-state index is 11.3. The Morgan fingerprint density at radius 2 is 1.81 bits per heavy atom. The molecule has 0 aromatic rings. The van der Waals surface area contributed by atoms with Gasteiger partial charge in [-0.1, -0.05) is 6.42 Å². The van der Waals surface area contributed by atoms with E-state index in [0.29, 0.717) is 32.1 Å². The number of allylic oxidation sites excluding steroid dienone is 2. The van der Waals surface area contributed by atoms with Gasteiger partial charge in [0, 0.05) is 25.6 Å². The zero-order valence-electron chi connectivity index (χ0n) is 12.5. The third-order valence-corrected chi connectivity index (χ3v) is 2.74. The van der Waals surface area contributed by atoms with Crippen molar-refractivity contribution in [3.8, 4) is 0 Å². The quantitative estimate of drug-likeness (QED) is 0.264. The summed E-state index contributed by atoms with van der Waals surface area (Å²) in [7, 11) is 0. The zero-order valence-corrected chi connectivity index (χ0v) is 12.5. The molecule has 1 amide bonds. The first-order valence-electron chi connectivity index (χ1n) is 7.21. The standard InChI is InChI=1S/C15H25N3O3/c1-2-17-15(21)8-4-3-7-14(18-10-6-12-20)13-16-9-5-11-19/h5-6,9-12,14,16,18H,2-4,7-8,13H2,1H3,(H,17,21). The largest absolute Gasteiger partial charge is 0.389 e. The van der Waals surface area contributed by atoms with Crippen LogP contribution in [0.25, 0.3) is 0 Å². The van der Waals surface area contributed by atoms with Gasteiger partial charge >= 0.3 is 0 Å². The van der Waals surface area contributed by atoms with E-state index in [4.69, 9.17) is 0 Å². The number of aldehydes is 2. The van der Waals surface area contributed by atoms with Crippen molar-refractivity contribution >= 4 is 18.5 Å². The molecule has 0 aromatic heterocycles. The molecule has 118 valence electrons. The van der Waals surface area contributed by atoms with Crippen molar-refractivity contribution in [1.82, 2.24) is 16.0 Å². The number of nitrogens with one attached hydrogen (secondary N) is 3. The second-order valence-corrected chi connectivity index (χ2v) is 4.46. The molecule has 0 rings (SSSR count). The molecule has 0 radical (unpaired) electrons. The van der Waals surface area contributed by atoms with Gasteiger partial charge in [-0.15, -0.1) is 0 Å². The van der Waals surface area contributed by atoms with Crippen LogP contribution in [0.3, 0.4) is 0 Å². The van der Waals surface area contributed by atoms with Crippen LogP contribution in [0.15, 0.2) is 24.6 Å². The minimum Gasteiger partial charge on any atom is -0.389 e. The summed E-state index contributed by atoms with van der Waals surface area (Å²) >= 11 is 0. The van der Waals surface area contributed by atoms with E-state index in [-0.39, 0.29) is 11.9 Å². The van der Waals surface area contributed by atoms with Gasteiger partial charge in [-0.05, 0) is 44.3 Å². The number of amides is 1. The van der Waals surface area contributed by atoms with Crippen molar-refractivity contribution < 1.29 is 14.4 Å². The molecule has 0 aliphatic carbocycles. The molecule has 1 atom stereocenters. The van der Waals surface area contributed by atoms with Crippen LogP contribution in [0.5, 0.6) is 0 Å². The predicted molar refractivity (Wildman–Crippen MR) is 82.5 cm³/mol. The Hall–Kier alpha value is -2.11. The van der Waals surface area contributed by atoms with E-state index in [1.165, 1.54) is 12.2 Å². The fourth-order valence-corrected chi connectivity index (χ4v) is 1.75. The lowest BCUT2D eigenvalue weighted by Gasteiger charge is -2.17. The summed E-state index contributed by atoms with van der Waals surface area (Å²) in [4.78, 5) is 31.7. The van der Waals surface area contributed by atoms with Crippen LogP contribution in [-0.4, -0.2) is 37.6 Å². The number of rotatable bonds is 13. The third-order valence-electron chi connectivity index (χ3n) is 2.74. The molecule has 0 aliphatic rings. The lowest BCUT2D eigenvalue weighted by Crippen LogP contribution is -2.34. The molecule has 0 bridgehead atoms. The summed E-state index contributed by atoms with van der Waals surface area (Å²) in [5.74, 6) is 0.0786.